The van der Waals surface area contributed by atoms with E-state index in [-0.39, 0.29) is 34.6 Å². The minimum atomic E-state index is -0.373. The number of guanidine groups is 1. The summed E-state index contributed by atoms with van der Waals surface area (Å²) in [5.41, 5.74) is 2.90. The summed E-state index contributed by atoms with van der Waals surface area (Å²) in [6.45, 7) is 5.92. The molecule has 0 aliphatic carbocycles. The number of aliphatic imine (C=N–C) groups is 1. The Hall–Kier alpha value is -2.17. The van der Waals surface area contributed by atoms with Gasteiger partial charge in [0.1, 0.15) is 0 Å². The van der Waals surface area contributed by atoms with Gasteiger partial charge in [0.05, 0.1) is 10.6 Å². The van der Waals surface area contributed by atoms with Gasteiger partial charge in [-0.05, 0) is 26.3 Å². The molecule has 9 heteroatoms. The molecule has 1 aromatic heterocycles. The number of rotatable bonds is 7. The van der Waals surface area contributed by atoms with Crippen LogP contribution in [-0.4, -0.2) is 34.3 Å². The summed E-state index contributed by atoms with van der Waals surface area (Å²) in [4.78, 5) is 14.8. The highest BCUT2D eigenvalue weighted by atomic mass is 127. The molecule has 0 radical (unpaired) electrons. The molecule has 26 heavy (non-hydrogen) atoms. The van der Waals surface area contributed by atoms with Gasteiger partial charge in [0, 0.05) is 44.0 Å². The molecular weight excluding hydrogens is 447 g/mol. The minimum absolute atomic E-state index is 0. The molecular formula is C17H25IN6O2. The number of nitro benzene ring substituents is 1. The fraction of sp³-hybridized carbons (Fsp3) is 0.412. The molecule has 0 saturated heterocycles. The number of halogens is 1. The lowest BCUT2D eigenvalue weighted by Crippen LogP contribution is -2.37. The first-order chi connectivity index (χ1) is 12.0. The number of benzene rings is 1. The van der Waals surface area contributed by atoms with Crippen LogP contribution >= 0.6 is 24.0 Å². The molecule has 0 saturated carbocycles. The Morgan fingerprint density at radius 1 is 1.31 bits per heavy atom. The van der Waals surface area contributed by atoms with Gasteiger partial charge in [-0.15, -0.1) is 24.0 Å². The van der Waals surface area contributed by atoms with E-state index in [0.29, 0.717) is 18.1 Å². The summed E-state index contributed by atoms with van der Waals surface area (Å²) in [6.07, 6.45) is 0.897. The van der Waals surface area contributed by atoms with Gasteiger partial charge < -0.3 is 10.6 Å². The lowest BCUT2D eigenvalue weighted by atomic mass is 10.2. The van der Waals surface area contributed by atoms with E-state index in [1.807, 2.05) is 18.5 Å². The Morgan fingerprint density at radius 3 is 2.65 bits per heavy atom. The maximum atomic E-state index is 11.0. The lowest BCUT2D eigenvalue weighted by molar-refractivity contribution is -0.385. The first-order valence-corrected chi connectivity index (χ1v) is 8.19. The van der Waals surface area contributed by atoms with E-state index in [4.69, 9.17) is 0 Å². The Kier molecular flexibility index (Phi) is 9.03. The van der Waals surface area contributed by atoms with Gasteiger partial charge in [0.15, 0.2) is 5.96 Å². The predicted molar refractivity (Wildman–Crippen MR) is 113 cm³/mol. The lowest BCUT2D eigenvalue weighted by Gasteiger charge is -2.12. The molecule has 0 spiro atoms. The molecule has 1 heterocycles. The molecule has 142 valence electrons. The maximum Gasteiger partial charge on any atom is 0.274 e. The van der Waals surface area contributed by atoms with Crippen molar-refractivity contribution in [1.29, 1.82) is 0 Å². The van der Waals surface area contributed by atoms with Crippen molar-refractivity contribution in [2.75, 3.05) is 13.6 Å². The van der Waals surface area contributed by atoms with Gasteiger partial charge in [-0.3, -0.25) is 19.8 Å². The molecule has 1 aromatic carbocycles. The van der Waals surface area contributed by atoms with Crippen molar-refractivity contribution in [3.63, 3.8) is 0 Å². The Balaban J connectivity index is 0.00000338. The van der Waals surface area contributed by atoms with E-state index < -0.39 is 0 Å². The first-order valence-electron chi connectivity index (χ1n) is 8.19. The SMILES string of the molecule is CN=C(NCCCn1nc(C)cc1C)NCc1ccccc1[N+](=O)[O-].I. The summed E-state index contributed by atoms with van der Waals surface area (Å²) in [6, 6.07) is 8.74. The number of nitrogens with zero attached hydrogens (tertiary/aromatic N) is 4. The van der Waals surface area contributed by atoms with Crippen molar-refractivity contribution in [1.82, 2.24) is 20.4 Å². The topological polar surface area (TPSA) is 97.4 Å². The zero-order chi connectivity index (χ0) is 18.2. The van der Waals surface area contributed by atoms with E-state index in [0.717, 1.165) is 30.9 Å². The number of hydrogen-bond acceptors (Lipinski definition) is 4. The molecule has 0 unspecified atom stereocenters. The van der Waals surface area contributed by atoms with Crippen molar-refractivity contribution in [3.05, 3.63) is 57.4 Å². The monoisotopic (exact) mass is 472 g/mol. The Bertz CT molecular complexity index is 759. The maximum absolute atomic E-state index is 11.0. The normalized spacial score (nSPS) is 11.0. The number of para-hydroxylation sites is 1. The summed E-state index contributed by atoms with van der Waals surface area (Å²) in [5.74, 6) is 0.617. The van der Waals surface area contributed by atoms with Gasteiger partial charge in [0.2, 0.25) is 0 Å². The van der Waals surface area contributed by atoms with Gasteiger partial charge in [0.25, 0.3) is 5.69 Å². The number of nitro groups is 1. The molecule has 0 aliphatic heterocycles. The van der Waals surface area contributed by atoms with Crippen LogP contribution in [0.25, 0.3) is 0 Å². The fourth-order valence-corrected chi connectivity index (χ4v) is 2.57. The summed E-state index contributed by atoms with van der Waals surface area (Å²) >= 11 is 0. The third kappa shape index (κ3) is 6.28. The van der Waals surface area contributed by atoms with Crippen LogP contribution in [0.1, 0.15) is 23.4 Å². The minimum Gasteiger partial charge on any atom is -0.356 e. The van der Waals surface area contributed by atoms with Crippen molar-refractivity contribution >= 4 is 35.6 Å². The first kappa shape index (κ1) is 21.9. The molecule has 2 N–H and O–H groups in total. The van der Waals surface area contributed by atoms with Crippen LogP contribution in [0.3, 0.4) is 0 Å². The molecule has 0 atom stereocenters. The standard InChI is InChI=1S/C17H24N6O2.HI/c1-13-11-14(2)22(21-13)10-6-9-19-17(18-3)20-12-15-7-4-5-8-16(15)23(24)25;/h4-5,7-8,11H,6,9-10,12H2,1-3H3,(H2,18,19,20);1H. The zero-order valence-electron chi connectivity index (χ0n) is 15.2. The quantitative estimate of drug-likeness (QED) is 0.161. The molecule has 0 fully saturated rings. The fourth-order valence-electron chi connectivity index (χ4n) is 2.57. The molecule has 0 bridgehead atoms. The molecule has 0 amide bonds. The van der Waals surface area contributed by atoms with Gasteiger partial charge in [-0.25, -0.2) is 0 Å². The van der Waals surface area contributed by atoms with Crippen molar-refractivity contribution < 1.29 is 4.92 Å². The van der Waals surface area contributed by atoms with Crippen LogP contribution in [0, 0.1) is 24.0 Å². The molecule has 2 rings (SSSR count). The Labute approximate surface area is 170 Å². The summed E-state index contributed by atoms with van der Waals surface area (Å²) in [5, 5.41) is 21.8. The summed E-state index contributed by atoms with van der Waals surface area (Å²) < 4.78 is 1.99. The van der Waals surface area contributed by atoms with Crippen LogP contribution in [-0.2, 0) is 13.1 Å². The Morgan fingerprint density at radius 2 is 2.04 bits per heavy atom. The molecule has 8 nitrogen and oxygen atoms in total. The second-order valence-electron chi connectivity index (χ2n) is 5.74. The van der Waals surface area contributed by atoms with Crippen molar-refractivity contribution in [2.45, 2.75) is 33.4 Å². The van der Waals surface area contributed by atoms with Crippen molar-refractivity contribution in [2.24, 2.45) is 4.99 Å². The van der Waals surface area contributed by atoms with Crippen LogP contribution < -0.4 is 10.6 Å². The smallest absolute Gasteiger partial charge is 0.274 e. The van der Waals surface area contributed by atoms with E-state index >= 15 is 0 Å². The second kappa shape index (κ2) is 10.7. The highest BCUT2D eigenvalue weighted by Crippen LogP contribution is 2.16. The second-order valence-corrected chi connectivity index (χ2v) is 5.74. The van der Waals surface area contributed by atoms with Gasteiger partial charge >= 0.3 is 0 Å². The highest BCUT2D eigenvalue weighted by molar-refractivity contribution is 14.0. The molecule has 0 aliphatic rings. The van der Waals surface area contributed by atoms with E-state index in [9.17, 15) is 10.1 Å². The highest BCUT2D eigenvalue weighted by Gasteiger charge is 2.12. The largest absolute Gasteiger partial charge is 0.356 e. The third-order valence-corrected chi connectivity index (χ3v) is 3.80. The number of aryl methyl sites for hydroxylation is 3. The number of aromatic nitrogens is 2. The van der Waals surface area contributed by atoms with Crippen molar-refractivity contribution in [3.8, 4) is 0 Å². The van der Waals surface area contributed by atoms with E-state index in [2.05, 4.69) is 26.8 Å². The average Bonchev–Trinajstić information content (AvgIpc) is 2.91. The van der Waals surface area contributed by atoms with Gasteiger partial charge in [-0.1, -0.05) is 18.2 Å². The van der Waals surface area contributed by atoms with Gasteiger partial charge in [-0.2, -0.15) is 5.10 Å². The molecule has 2 aromatic rings. The van der Waals surface area contributed by atoms with Crippen LogP contribution in [0.2, 0.25) is 0 Å². The van der Waals surface area contributed by atoms with Crippen LogP contribution in [0.4, 0.5) is 5.69 Å². The zero-order valence-corrected chi connectivity index (χ0v) is 17.6. The van der Waals surface area contributed by atoms with Crippen LogP contribution in [0.5, 0.6) is 0 Å². The third-order valence-electron chi connectivity index (χ3n) is 3.80. The summed E-state index contributed by atoms with van der Waals surface area (Å²) in [7, 11) is 1.68. The average molecular weight is 472 g/mol. The van der Waals surface area contributed by atoms with E-state index in [1.54, 1.807) is 25.2 Å². The van der Waals surface area contributed by atoms with Crippen LogP contribution in [0.15, 0.2) is 35.3 Å². The predicted octanol–water partition coefficient (Wildman–Crippen LogP) is 2.78. The number of hydrogen-bond donors (Lipinski definition) is 2. The van der Waals surface area contributed by atoms with E-state index in [1.165, 1.54) is 6.07 Å². The number of nitrogens with one attached hydrogen (secondary N) is 2.